The number of halogens is 6. The summed E-state index contributed by atoms with van der Waals surface area (Å²) in [4.78, 5) is 27.1. The fourth-order valence-corrected chi connectivity index (χ4v) is 5.24. The summed E-state index contributed by atoms with van der Waals surface area (Å²) in [5.41, 5.74) is -1.69. The van der Waals surface area contributed by atoms with Gasteiger partial charge in [0, 0.05) is 30.9 Å². The van der Waals surface area contributed by atoms with Crippen molar-refractivity contribution in [1.82, 2.24) is 16.0 Å². The van der Waals surface area contributed by atoms with Crippen LogP contribution in [0.15, 0.2) is 48.5 Å². The molecule has 2 aromatic carbocycles. The number of carbonyl (C=O) groups is 2. The van der Waals surface area contributed by atoms with E-state index in [1.165, 1.54) is 18.2 Å². The molecule has 38 heavy (non-hydrogen) atoms. The second-order valence-corrected chi connectivity index (χ2v) is 9.70. The molecule has 6 nitrogen and oxygen atoms in total. The van der Waals surface area contributed by atoms with Gasteiger partial charge in [-0.15, -0.1) is 0 Å². The summed E-state index contributed by atoms with van der Waals surface area (Å²) < 4.78 is 77.4. The van der Waals surface area contributed by atoms with Gasteiger partial charge in [0.2, 0.25) is 5.91 Å². The lowest BCUT2D eigenvalue weighted by Crippen LogP contribution is -2.59. The number of alkyl halides is 6. The van der Waals surface area contributed by atoms with E-state index in [-0.39, 0.29) is 18.0 Å². The summed E-state index contributed by atoms with van der Waals surface area (Å²) in [5, 5.41) is 8.69. The SMILES string of the molecule is O=C(CNC(=O)c1cccc(C(F)(F)F)c1)N[C@@]1(C2CCN(c3ccc(C(F)(F)F)cc3)CC2)CCNC1. The number of amides is 2. The Bertz CT molecular complexity index is 1140. The van der Waals surface area contributed by atoms with Crippen LogP contribution in [0.2, 0.25) is 0 Å². The molecule has 0 aliphatic carbocycles. The lowest BCUT2D eigenvalue weighted by molar-refractivity contribution is -0.138. The third-order valence-electron chi connectivity index (χ3n) is 7.27. The summed E-state index contributed by atoms with van der Waals surface area (Å²) in [7, 11) is 0. The number of hydrogen-bond donors (Lipinski definition) is 3. The van der Waals surface area contributed by atoms with E-state index in [4.69, 9.17) is 0 Å². The second kappa shape index (κ2) is 10.8. The van der Waals surface area contributed by atoms with Crippen molar-refractivity contribution in [3.8, 4) is 0 Å². The molecule has 0 spiro atoms. The van der Waals surface area contributed by atoms with Crippen molar-refractivity contribution in [1.29, 1.82) is 0 Å². The van der Waals surface area contributed by atoms with E-state index < -0.39 is 40.8 Å². The summed E-state index contributed by atoms with van der Waals surface area (Å²) in [6, 6.07) is 9.04. The van der Waals surface area contributed by atoms with Crippen LogP contribution in [0.4, 0.5) is 32.0 Å². The van der Waals surface area contributed by atoms with E-state index >= 15 is 0 Å². The number of rotatable bonds is 6. The highest BCUT2D eigenvalue weighted by Gasteiger charge is 2.43. The molecule has 0 radical (unpaired) electrons. The highest BCUT2D eigenvalue weighted by Crippen LogP contribution is 2.36. The van der Waals surface area contributed by atoms with E-state index in [1.54, 1.807) is 0 Å². The maximum absolute atomic E-state index is 12.9. The average molecular weight is 543 g/mol. The van der Waals surface area contributed by atoms with Crippen molar-refractivity contribution < 1.29 is 35.9 Å². The van der Waals surface area contributed by atoms with E-state index in [1.807, 2.05) is 4.90 Å². The molecule has 2 aliphatic rings. The van der Waals surface area contributed by atoms with E-state index in [2.05, 4.69) is 16.0 Å². The minimum Gasteiger partial charge on any atom is -0.372 e. The molecule has 2 heterocycles. The van der Waals surface area contributed by atoms with Gasteiger partial charge in [-0.1, -0.05) is 6.07 Å². The Kier molecular flexibility index (Phi) is 7.91. The Morgan fingerprint density at radius 2 is 1.61 bits per heavy atom. The molecule has 2 fully saturated rings. The van der Waals surface area contributed by atoms with Crippen LogP contribution in [0.3, 0.4) is 0 Å². The highest BCUT2D eigenvalue weighted by molar-refractivity contribution is 5.96. The molecule has 2 aromatic rings. The molecular formula is C26H28F6N4O2. The van der Waals surface area contributed by atoms with E-state index in [9.17, 15) is 35.9 Å². The molecule has 12 heteroatoms. The van der Waals surface area contributed by atoms with Gasteiger partial charge in [-0.3, -0.25) is 9.59 Å². The van der Waals surface area contributed by atoms with Crippen LogP contribution in [0, 0.1) is 5.92 Å². The Morgan fingerprint density at radius 3 is 2.18 bits per heavy atom. The number of nitrogens with zero attached hydrogens (tertiary/aromatic N) is 1. The molecule has 2 aliphatic heterocycles. The van der Waals surface area contributed by atoms with Gasteiger partial charge < -0.3 is 20.9 Å². The van der Waals surface area contributed by atoms with Gasteiger partial charge in [0.05, 0.1) is 23.2 Å². The molecule has 1 atom stereocenters. The molecule has 0 unspecified atom stereocenters. The maximum Gasteiger partial charge on any atom is 0.416 e. The molecule has 4 rings (SSSR count). The van der Waals surface area contributed by atoms with E-state index in [0.717, 1.165) is 30.3 Å². The first kappa shape index (κ1) is 27.7. The standard InChI is InChI=1S/C26H28F6N4O2/c27-25(28,29)19-4-6-21(7-5-19)36-12-8-18(9-13-36)24(10-11-33-16-24)35-22(37)15-34-23(38)17-2-1-3-20(14-17)26(30,31)32/h1-7,14,18,33H,8-13,15-16H2,(H,34,38)(H,35,37)/t24-/m0/s1. The predicted octanol–water partition coefficient (Wildman–Crippen LogP) is 4.22. The van der Waals surface area contributed by atoms with Crippen molar-refractivity contribution >= 4 is 17.5 Å². The molecule has 2 saturated heterocycles. The molecule has 2 amide bonds. The topological polar surface area (TPSA) is 73.5 Å². The normalized spacial score (nSPS) is 20.8. The van der Waals surface area contributed by atoms with Crippen molar-refractivity contribution in [3.63, 3.8) is 0 Å². The monoisotopic (exact) mass is 542 g/mol. The summed E-state index contributed by atoms with van der Waals surface area (Å²) >= 11 is 0. The lowest BCUT2D eigenvalue weighted by Gasteiger charge is -2.43. The van der Waals surface area contributed by atoms with Crippen molar-refractivity contribution in [2.75, 3.05) is 37.6 Å². The zero-order chi connectivity index (χ0) is 27.6. The van der Waals surface area contributed by atoms with Crippen LogP contribution in [0.1, 0.15) is 40.7 Å². The molecule has 3 N–H and O–H groups in total. The molecular weight excluding hydrogens is 514 g/mol. The minimum absolute atomic E-state index is 0.103. The van der Waals surface area contributed by atoms with Gasteiger partial charge >= 0.3 is 12.4 Å². The zero-order valence-electron chi connectivity index (χ0n) is 20.4. The van der Waals surface area contributed by atoms with Crippen molar-refractivity contribution in [3.05, 3.63) is 65.2 Å². The summed E-state index contributed by atoms with van der Waals surface area (Å²) in [5.74, 6) is -1.12. The fraction of sp³-hybridized carbons (Fsp3) is 0.462. The van der Waals surface area contributed by atoms with Crippen LogP contribution in [-0.2, 0) is 17.1 Å². The fourth-order valence-electron chi connectivity index (χ4n) is 5.24. The van der Waals surface area contributed by atoms with Gasteiger partial charge in [0.1, 0.15) is 0 Å². The first-order valence-corrected chi connectivity index (χ1v) is 12.3. The number of anilines is 1. The Hall–Kier alpha value is -3.28. The smallest absolute Gasteiger partial charge is 0.372 e. The second-order valence-electron chi connectivity index (χ2n) is 9.70. The Morgan fingerprint density at radius 1 is 0.947 bits per heavy atom. The first-order valence-electron chi connectivity index (χ1n) is 12.3. The number of hydrogen-bond acceptors (Lipinski definition) is 4. The van der Waals surface area contributed by atoms with Gasteiger partial charge in [-0.25, -0.2) is 0 Å². The van der Waals surface area contributed by atoms with Crippen LogP contribution in [0.5, 0.6) is 0 Å². The van der Waals surface area contributed by atoms with Gasteiger partial charge in [0.25, 0.3) is 5.91 Å². The third-order valence-corrected chi connectivity index (χ3v) is 7.27. The Labute approximate surface area is 215 Å². The van der Waals surface area contributed by atoms with Crippen LogP contribution in [0.25, 0.3) is 0 Å². The number of piperidine rings is 1. The number of carbonyl (C=O) groups excluding carboxylic acids is 2. The molecule has 0 saturated carbocycles. The van der Waals surface area contributed by atoms with Crippen LogP contribution < -0.4 is 20.9 Å². The number of nitrogens with one attached hydrogen (secondary N) is 3. The Balaban J connectivity index is 1.33. The number of benzene rings is 2. The molecule has 0 aromatic heterocycles. The predicted molar refractivity (Wildman–Crippen MR) is 129 cm³/mol. The lowest BCUT2D eigenvalue weighted by atomic mass is 9.76. The van der Waals surface area contributed by atoms with Crippen molar-refractivity contribution in [2.45, 2.75) is 37.2 Å². The molecule has 206 valence electrons. The first-order chi connectivity index (χ1) is 17.9. The summed E-state index contributed by atoms with van der Waals surface area (Å²) in [6.07, 6.45) is -6.89. The highest BCUT2D eigenvalue weighted by atomic mass is 19.4. The van der Waals surface area contributed by atoms with Gasteiger partial charge in [-0.2, -0.15) is 26.3 Å². The van der Waals surface area contributed by atoms with Crippen LogP contribution in [-0.4, -0.2) is 50.1 Å². The minimum atomic E-state index is -4.59. The zero-order valence-corrected chi connectivity index (χ0v) is 20.4. The van der Waals surface area contributed by atoms with Gasteiger partial charge in [-0.05, 0) is 74.2 Å². The van der Waals surface area contributed by atoms with Gasteiger partial charge in [0.15, 0.2) is 0 Å². The summed E-state index contributed by atoms with van der Waals surface area (Å²) in [6.45, 7) is 2.06. The largest absolute Gasteiger partial charge is 0.416 e. The molecule has 0 bridgehead atoms. The van der Waals surface area contributed by atoms with Crippen LogP contribution >= 0.6 is 0 Å². The maximum atomic E-state index is 12.9. The third kappa shape index (κ3) is 6.40. The van der Waals surface area contributed by atoms with Crippen molar-refractivity contribution in [2.24, 2.45) is 5.92 Å². The quantitative estimate of drug-likeness (QED) is 0.478. The average Bonchev–Trinajstić information content (AvgIpc) is 3.36. The van der Waals surface area contributed by atoms with E-state index in [0.29, 0.717) is 51.1 Å².